The van der Waals surface area contributed by atoms with Gasteiger partial charge in [0.05, 0.1) is 23.9 Å². The number of aliphatic hydroxyl groups is 2. The van der Waals surface area contributed by atoms with Crippen LogP contribution in [0.25, 0.3) is 0 Å². The van der Waals surface area contributed by atoms with E-state index in [1.807, 2.05) is 13.8 Å². The van der Waals surface area contributed by atoms with Gasteiger partial charge in [-0.25, -0.2) is 4.79 Å². The molecule has 0 radical (unpaired) electrons. The van der Waals surface area contributed by atoms with E-state index >= 15 is 0 Å². The molecule has 6 nitrogen and oxygen atoms in total. The second-order valence-corrected chi connectivity index (χ2v) is 8.92. The minimum atomic E-state index is -0.924. The zero-order valence-corrected chi connectivity index (χ0v) is 15.6. The summed E-state index contributed by atoms with van der Waals surface area (Å²) in [5.41, 5.74) is 0.162. The van der Waals surface area contributed by atoms with E-state index in [9.17, 15) is 15.0 Å². The molecule has 0 bridgehead atoms. The predicted molar refractivity (Wildman–Crippen MR) is 93.3 cm³/mol. The van der Waals surface area contributed by atoms with Crippen molar-refractivity contribution in [1.82, 2.24) is 0 Å². The highest BCUT2D eigenvalue weighted by Crippen LogP contribution is 2.47. The number of esters is 1. The molecule has 7 atom stereocenters. The summed E-state index contributed by atoms with van der Waals surface area (Å²) in [4.78, 5) is 12.5. The summed E-state index contributed by atoms with van der Waals surface area (Å²) in [5.74, 6) is -0.529. The van der Waals surface area contributed by atoms with E-state index in [2.05, 4.69) is 6.58 Å². The van der Waals surface area contributed by atoms with Crippen molar-refractivity contribution in [2.45, 2.75) is 75.7 Å². The Labute approximate surface area is 153 Å². The maximum Gasteiger partial charge on any atom is 0.334 e. The summed E-state index contributed by atoms with van der Waals surface area (Å²) >= 11 is 0. The molecular formula is C20H28O6. The SMILES string of the molecule is C=C1C[C@H]2O[C@H]2[C@@](C)(O)CC[C@@H]2/C(=C\[C@H](O)[C@@H]3OC3(C)C)C(=O)OC[C@@H]12. The van der Waals surface area contributed by atoms with Crippen molar-refractivity contribution in [1.29, 1.82) is 0 Å². The van der Waals surface area contributed by atoms with Crippen molar-refractivity contribution >= 4 is 5.97 Å². The molecule has 1 saturated carbocycles. The summed E-state index contributed by atoms with van der Waals surface area (Å²) in [6, 6.07) is 0. The van der Waals surface area contributed by atoms with Crippen LogP contribution in [0.3, 0.4) is 0 Å². The number of carbonyl (C=O) groups is 1. The number of ether oxygens (including phenoxy) is 3. The molecule has 0 amide bonds. The first-order chi connectivity index (χ1) is 12.1. The standard InChI is InChI=1S/C20H28O6/c1-10-7-15-17(25-15)20(4,23)6-5-11-12(18(22)24-9-13(10)11)8-14(21)16-19(2,3)26-16/h8,11,13-17,21,23H,1,5-7,9H2,2-4H3/b12-8+/t11-,13+,14+,15-,16+,17-,20+/m1/s1. The Hall–Kier alpha value is -1.21. The van der Waals surface area contributed by atoms with Gasteiger partial charge in [-0.3, -0.25) is 0 Å². The average Bonchev–Trinajstić information content (AvgIpc) is 3.44. The maximum absolute atomic E-state index is 12.5. The van der Waals surface area contributed by atoms with Crippen LogP contribution >= 0.6 is 0 Å². The molecule has 4 rings (SSSR count). The van der Waals surface area contributed by atoms with Crippen molar-refractivity contribution in [2.75, 3.05) is 6.61 Å². The molecule has 0 spiro atoms. The van der Waals surface area contributed by atoms with Crippen LogP contribution in [0.1, 0.15) is 40.0 Å². The largest absolute Gasteiger partial charge is 0.462 e. The fraction of sp³-hybridized carbons (Fsp3) is 0.750. The predicted octanol–water partition coefficient (Wildman–Crippen LogP) is 1.50. The van der Waals surface area contributed by atoms with Crippen molar-refractivity contribution in [2.24, 2.45) is 11.8 Å². The molecule has 3 heterocycles. The highest BCUT2D eigenvalue weighted by Gasteiger charge is 2.55. The van der Waals surface area contributed by atoms with Crippen molar-refractivity contribution < 1.29 is 29.2 Å². The van der Waals surface area contributed by atoms with Gasteiger partial charge in [0.1, 0.15) is 18.3 Å². The molecule has 2 N–H and O–H groups in total. The number of rotatable bonds is 2. The maximum atomic E-state index is 12.5. The van der Waals surface area contributed by atoms with E-state index in [1.54, 1.807) is 13.0 Å². The van der Waals surface area contributed by atoms with Crippen LogP contribution in [0, 0.1) is 11.8 Å². The third-order valence-corrected chi connectivity index (χ3v) is 6.38. The molecule has 1 aliphatic carbocycles. The number of epoxide rings is 2. The Kier molecular flexibility index (Phi) is 4.12. The van der Waals surface area contributed by atoms with Crippen LogP contribution in [0.4, 0.5) is 0 Å². The normalized spacial score (nSPS) is 47.0. The second-order valence-electron chi connectivity index (χ2n) is 8.92. The van der Waals surface area contributed by atoms with E-state index in [-0.39, 0.29) is 35.7 Å². The molecule has 144 valence electrons. The van der Waals surface area contributed by atoms with Gasteiger partial charge in [-0.15, -0.1) is 0 Å². The first kappa shape index (κ1) is 18.2. The summed E-state index contributed by atoms with van der Waals surface area (Å²) in [5, 5.41) is 21.2. The van der Waals surface area contributed by atoms with Gasteiger partial charge in [-0.05, 0) is 46.1 Å². The molecule has 0 aromatic heterocycles. The number of aliphatic hydroxyl groups excluding tert-OH is 1. The lowest BCUT2D eigenvalue weighted by molar-refractivity contribution is -0.145. The molecule has 0 unspecified atom stereocenters. The Bertz CT molecular complexity index is 663. The molecular weight excluding hydrogens is 336 g/mol. The number of carbonyl (C=O) groups excluding carboxylic acids is 1. The van der Waals surface area contributed by atoms with Gasteiger partial charge in [0.15, 0.2) is 0 Å². The van der Waals surface area contributed by atoms with Gasteiger partial charge in [0, 0.05) is 17.4 Å². The molecule has 3 aliphatic heterocycles. The lowest BCUT2D eigenvalue weighted by Gasteiger charge is -2.35. The summed E-state index contributed by atoms with van der Waals surface area (Å²) in [6.07, 6.45) is 2.04. The second kappa shape index (κ2) is 5.89. The minimum absolute atomic E-state index is 0.00689. The zero-order chi connectivity index (χ0) is 18.9. The Balaban J connectivity index is 1.61. The minimum Gasteiger partial charge on any atom is -0.462 e. The monoisotopic (exact) mass is 364 g/mol. The van der Waals surface area contributed by atoms with E-state index in [0.29, 0.717) is 31.4 Å². The van der Waals surface area contributed by atoms with Gasteiger partial charge in [-0.2, -0.15) is 0 Å². The molecule has 3 saturated heterocycles. The summed E-state index contributed by atoms with van der Waals surface area (Å²) in [7, 11) is 0. The Morgan fingerprint density at radius 2 is 2.00 bits per heavy atom. The van der Waals surface area contributed by atoms with Crippen LogP contribution < -0.4 is 0 Å². The van der Waals surface area contributed by atoms with Crippen LogP contribution in [0.2, 0.25) is 0 Å². The first-order valence-electron chi connectivity index (χ1n) is 9.40. The zero-order valence-electron chi connectivity index (χ0n) is 15.6. The molecule has 26 heavy (non-hydrogen) atoms. The summed E-state index contributed by atoms with van der Waals surface area (Å²) in [6.45, 7) is 10.1. The Morgan fingerprint density at radius 1 is 1.31 bits per heavy atom. The van der Waals surface area contributed by atoms with Crippen LogP contribution in [0.5, 0.6) is 0 Å². The van der Waals surface area contributed by atoms with Crippen molar-refractivity contribution in [3.8, 4) is 0 Å². The van der Waals surface area contributed by atoms with E-state index in [4.69, 9.17) is 14.2 Å². The smallest absolute Gasteiger partial charge is 0.334 e. The third kappa shape index (κ3) is 3.13. The fourth-order valence-electron chi connectivity index (χ4n) is 4.57. The first-order valence-corrected chi connectivity index (χ1v) is 9.40. The van der Waals surface area contributed by atoms with E-state index in [1.165, 1.54) is 0 Å². The number of cyclic esters (lactones) is 1. The van der Waals surface area contributed by atoms with Gasteiger partial charge in [0.2, 0.25) is 0 Å². The van der Waals surface area contributed by atoms with Crippen LogP contribution in [-0.2, 0) is 19.0 Å². The van der Waals surface area contributed by atoms with E-state index in [0.717, 1.165) is 5.57 Å². The molecule has 0 aromatic carbocycles. The summed E-state index contributed by atoms with van der Waals surface area (Å²) < 4.78 is 16.5. The van der Waals surface area contributed by atoms with Gasteiger partial charge in [-0.1, -0.05) is 12.2 Å². The quantitative estimate of drug-likeness (QED) is 0.334. The van der Waals surface area contributed by atoms with Crippen LogP contribution in [0.15, 0.2) is 23.8 Å². The van der Waals surface area contributed by atoms with Crippen molar-refractivity contribution in [3.63, 3.8) is 0 Å². The Morgan fingerprint density at radius 3 is 2.65 bits per heavy atom. The fourth-order valence-corrected chi connectivity index (χ4v) is 4.57. The molecule has 6 heteroatoms. The number of fused-ring (bicyclic) bond motifs is 2. The number of hydrogen-bond donors (Lipinski definition) is 2. The third-order valence-electron chi connectivity index (χ3n) is 6.38. The van der Waals surface area contributed by atoms with Crippen molar-refractivity contribution in [3.05, 3.63) is 23.8 Å². The lowest BCUT2D eigenvalue weighted by Crippen LogP contribution is -2.37. The van der Waals surface area contributed by atoms with Crippen LogP contribution in [-0.4, -0.2) is 58.4 Å². The highest BCUT2D eigenvalue weighted by atomic mass is 16.6. The number of hydrogen-bond acceptors (Lipinski definition) is 6. The molecule has 4 fully saturated rings. The molecule has 0 aromatic rings. The average molecular weight is 364 g/mol. The molecule has 4 aliphatic rings. The topological polar surface area (TPSA) is 91.8 Å². The van der Waals surface area contributed by atoms with Gasteiger partial charge < -0.3 is 24.4 Å². The lowest BCUT2D eigenvalue weighted by atomic mass is 9.75. The van der Waals surface area contributed by atoms with Gasteiger partial charge in [0.25, 0.3) is 0 Å². The highest BCUT2D eigenvalue weighted by molar-refractivity contribution is 5.90. The van der Waals surface area contributed by atoms with E-state index < -0.39 is 17.7 Å². The van der Waals surface area contributed by atoms with Gasteiger partial charge >= 0.3 is 5.97 Å².